The highest BCUT2D eigenvalue weighted by molar-refractivity contribution is 7.87. The van der Waals surface area contributed by atoms with E-state index in [1.807, 2.05) is 0 Å². The van der Waals surface area contributed by atoms with Crippen molar-refractivity contribution in [3.8, 4) is 0 Å². The number of amides is 1. The third kappa shape index (κ3) is 2.78. The average Bonchev–Trinajstić information content (AvgIpc) is 3.03. The third-order valence-electron chi connectivity index (χ3n) is 6.45. The van der Waals surface area contributed by atoms with Crippen molar-refractivity contribution >= 4 is 27.0 Å². The molecule has 2 aromatic rings. The van der Waals surface area contributed by atoms with Crippen molar-refractivity contribution in [2.24, 2.45) is 5.92 Å². The van der Waals surface area contributed by atoms with E-state index in [9.17, 15) is 13.2 Å². The molecule has 27 heavy (non-hydrogen) atoms. The van der Waals surface area contributed by atoms with Gasteiger partial charge in [-0.05, 0) is 43.0 Å². The van der Waals surface area contributed by atoms with E-state index >= 15 is 0 Å². The fourth-order valence-electron chi connectivity index (χ4n) is 5.27. The second kappa shape index (κ2) is 6.05. The van der Waals surface area contributed by atoms with Crippen molar-refractivity contribution in [3.05, 3.63) is 35.5 Å². The van der Waals surface area contributed by atoms with Crippen molar-refractivity contribution in [1.29, 1.82) is 0 Å². The highest BCUT2D eigenvalue weighted by Crippen LogP contribution is 2.44. The van der Waals surface area contributed by atoms with E-state index in [4.69, 9.17) is 0 Å². The van der Waals surface area contributed by atoms with Crippen molar-refractivity contribution in [1.82, 2.24) is 18.9 Å². The van der Waals surface area contributed by atoms with Crippen molar-refractivity contribution < 1.29 is 13.2 Å². The molecule has 7 nitrogen and oxygen atoms in total. The summed E-state index contributed by atoms with van der Waals surface area (Å²) >= 11 is 0. The van der Waals surface area contributed by atoms with E-state index in [-0.39, 0.29) is 18.9 Å². The van der Waals surface area contributed by atoms with Gasteiger partial charge in [-0.3, -0.25) is 4.79 Å². The Morgan fingerprint density at radius 2 is 2.15 bits per heavy atom. The third-order valence-corrected chi connectivity index (χ3v) is 7.94. The number of aromatic nitrogens is 1. The normalized spacial score (nSPS) is 30.9. The topological polar surface area (TPSA) is 85.5 Å². The van der Waals surface area contributed by atoms with E-state index in [1.54, 1.807) is 0 Å². The molecule has 1 amide bonds. The minimum Gasteiger partial charge on any atom is -0.361 e. The smallest absolute Gasteiger partial charge is 0.303 e. The molecule has 144 valence electrons. The fourth-order valence-corrected chi connectivity index (χ4v) is 6.53. The lowest BCUT2D eigenvalue weighted by Gasteiger charge is -2.46. The first-order valence-corrected chi connectivity index (χ1v) is 11.0. The average molecular weight is 388 g/mol. The van der Waals surface area contributed by atoms with Crippen LogP contribution in [-0.2, 0) is 21.4 Å². The lowest BCUT2D eigenvalue weighted by atomic mass is 9.72. The molecular weight excluding hydrogens is 364 g/mol. The second-order valence-corrected chi connectivity index (χ2v) is 9.81. The number of likely N-dealkylation sites (tertiary alicyclic amines) is 1. The Labute approximate surface area is 158 Å². The molecule has 1 aromatic heterocycles. The monoisotopic (exact) mass is 388 g/mol. The van der Waals surface area contributed by atoms with Gasteiger partial charge in [0, 0.05) is 55.1 Å². The molecule has 3 atom stereocenters. The van der Waals surface area contributed by atoms with Crippen molar-refractivity contribution in [2.45, 2.75) is 31.2 Å². The maximum atomic E-state index is 12.3. The van der Waals surface area contributed by atoms with Gasteiger partial charge >= 0.3 is 10.2 Å². The molecule has 1 aliphatic carbocycles. The quantitative estimate of drug-likeness (QED) is 0.809. The van der Waals surface area contributed by atoms with Gasteiger partial charge in [-0.2, -0.15) is 12.7 Å². The van der Waals surface area contributed by atoms with Crippen LogP contribution in [-0.4, -0.2) is 61.2 Å². The lowest BCUT2D eigenvalue weighted by Crippen LogP contribution is -2.54. The Bertz CT molecular complexity index is 1020. The molecule has 2 N–H and O–H groups in total. The predicted molar refractivity (Wildman–Crippen MR) is 103 cm³/mol. The summed E-state index contributed by atoms with van der Waals surface area (Å²) in [6.07, 6.45) is 4.37. The summed E-state index contributed by atoms with van der Waals surface area (Å²) < 4.78 is 28.2. The summed E-state index contributed by atoms with van der Waals surface area (Å²) in [6.45, 7) is 1.61. The van der Waals surface area contributed by atoms with Crippen molar-refractivity contribution in [3.63, 3.8) is 0 Å². The van der Waals surface area contributed by atoms with E-state index in [2.05, 4.69) is 46.0 Å². The first-order valence-electron chi connectivity index (χ1n) is 9.52. The summed E-state index contributed by atoms with van der Waals surface area (Å²) in [4.78, 5) is 17.2. The van der Waals surface area contributed by atoms with Gasteiger partial charge in [0.05, 0.1) is 0 Å². The number of carbonyl (C=O) groups is 1. The van der Waals surface area contributed by atoms with Crippen LogP contribution in [0.2, 0.25) is 0 Å². The molecule has 2 saturated heterocycles. The predicted octanol–water partition coefficient (Wildman–Crippen LogP) is 1.19. The van der Waals surface area contributed by atoms with E-state index < -0.39 is 16.1 Å². The van der Waals surface area contributed by atoms with Crippen LogP contribution >= 0.6 is 0 Å². The first-order chi connectivity index (χ1) is 12.9. The molecular formula is C19H24N4O3S. The van der Waals surface area contributed by atoms with Crippen molar-refractivity contribution in [2.75, 3.05) is 26.7 Å². The number of piperidine rings is 1. The molecule has 0 unspecified atom stereocenters. The zero-order valence-electron chi connectivity index (χ0n) is 15.3. The number of hydrogen-bond donors (Lipinski definition) is 2. The van der Waals surface area contributed by atoms with Gasteiger partial charge in [-0.25, -0.2) is 4.72 Å². The van der Waals surface area contributed by atoms with Crippen LogP contribution < -0.4 is 4.72 Å². The van der Waals surface area contributed by atoms with Crippen LogP contribution in [0.3, 0.4) is 0 Å². The SMILES string of the molecule is CN1C[C@H](CN2CCC(=O)NS2(=O)=O)C[C@@H]2c3cccc4[nH]cc(c34)C[C@H]21. The van der Waals surface area contributed by atoms with Crippen LogP contribution in [0.1, 0.15) is 29.9 Å². The number of rotatable bonds is 2. The molecule has 2 fully saturated rings. The molecule has 0 bridgehead atoms. The van der Waals surface area contributed by atoms with E-state index in [0.29, 0.717) is 18.5 Å². The molecule has 1 aromatic carbocycles. The van der Waals surface area contributed by atoms with Gasteiger partial charge in [0.1, 0.15) is 0 Å². The summed E-state index contributed by atoms with van der Waals surface area (Å²) in [7, 11) is -1.54. The standard InChI is InChI=1S/C19H24N4O3S/c1-22-10-12(11-23-6-5-18(24)21-27(23,25)26)7-15-14-3-2-4-16-19(14)13(9-20-16)8-17(15)22/h2-4,9,12,15,17,20H,5-8,10-11H2,1H3,(H,21,24)/t12-,15-,17-/m1/s1. The number of nitrogens with one attached hydrogen (secondary N) is 2. The number of likely N-dealkylation sites (N-methyl/N-ethyl adjacent to an activating group) is 1. The number of fused-ring (bicyclic) bond motifs is 2. The Morgan fingerprint density at radius 3 is 2.96 bits per heavy atom. The number of hydrogen-bond acceptors (Lipinski definition) is 4. The highest BCUT2D eigenvalue weighted by Gasteiger charge is 2.41. The number of aromatic amines is 1. The molecule has 3 heterocycles. The van der Waals surface area contributed by atoms with Gasteiger partial charge in [0.2, 0.25) is 5.91 Å². The van der Waals surface area contributed by atoms with E-state index in [0.717, 1.165) is 19.4 Å². The first kappa shape index (κ1) is 17.2. The minimum atomic E-state index is -3.69. The Balaban J connectivity index is 1.43. The zero-order chi connectivity index (χ0) is 18.8. The van der Waals surface area contributed by atoms with Gasteiger partial charge in [-0.15, -0.1) is 0 Å². The number of carbonyl (C=O) groups excluding carboxylic acids is 1. The number of benzene rings is 1. The fraction of sp³-hybridized carbons (Fsp3) is 0.526. The van der Waals surface area contributed by atoms with Crippen LogP contribution in [0.4, 0.5) is 0 Å². The number of H-pyrrole nitrogens is 1. The maximum absolute atomic E-state index is 12.3. The molecule has 0 saturated carbocycles. The lowest BCUT2D eigenvalue weighted by molar-refractivity contribution is -0.120. The van der Waals surface area contributed by atoms with E-state index in [1.165, 1.54) is 26.3 Å². The van der Waals surface area contributed by atoms with Gasteiger partial charge in [-0.1, -0.05) is 12.1 Å². The largest absolute Gasteiger partial charge is 0.361 e. The van der Waals surface area contributed by atoms with Gasteiger partial charge < -0.3 is 9.88 Å². The van der Waals surface area contributed by atoms with Crippen LogP contribution in [0.5, 0.6) is 0 Å². The van der Waals surface area contributed by atoms with Crippen LogP contribution in [0, 0.1) is 5.92 Å². The number of nitrogens with zero attached hydrogens (tertiary/aromatic N) is 2. The molecule has 0 spiro atoms. The second-order valence-electron chi connectivity index (χ2n) is 8.14. The van der Waals surface area contributed by atoms with Crippen LogP contribution in [0.25, 0.3) is 10.9 Å². The van der Waals surface area contributed by atoms with Crippen LogP contribution in [0.15, 0.2) is 24.4 Å². The maximum Gasteiger partial charge on any atom is 0.303 e. The summed E-state index contributed by atoms with van der Waals surface area (Å²) in [5.41, 5.74) is 3.95. The zero-order valence-corrected chi connectivity index (χ0v) is 16.1. The van der Waals surface area contributed by atoms with Gasteiger partial charge in [0.25, 0.3) is 0 Å². The molecule has 8 heteroatoms. The molecule has 3 aliphatic rings. The highest BCUT2D eigenvalue weighted by atomic mass is 32.2. The Kier molecular flexibility index (Phi) is 3.86. The molecule has 0 radical (unpaired) electrons. The van der Waals surface area contributed by atoms with Gasteiger partial charge in [0.15, 0.2) is 0 Å². The Hall–Kier alpha value is -1.90. The summed E-state index contributed by atoms with van der Waals surface area (Å²) in [5.74, 6) is 0.241. The summed E-state index contributed by atoms with van der Waals surface area (Å²) in [6, 6.07) is 6.90. The summed E-state index contributed by atoms with van der Waals surface area (Å²) in [5, 5.41) is 1.35. The Morgan fingerprint density at radius 1 is 1.30 bits per heavy atom. The minimum absolute atomic E-state index is 0.236. The molecule has 2 aliphatic heterocycles. The molecule has 5 rings (SSSR count).